The number of hydrogen-bond acceptors (Lipinski definition) is 6. The number of carbonyl (C=O) groups excluding carboxylic acids is 2. The van der Waals surface area contributed by atoms with Gasteiger partial charge in [-0.05, 0) is 94.0 Å². The van der Waals surface area contributed by atoms with Gasteiger partial charge in [0.05, 0.1) is 0 Å². The third-order valence-corrected chi connectivity index (χ3v) is 5.94. The SMILES string of the molecule is CC(C)(C)OC(=O)N1CCCC(Cc2cnc(Oc3ccc(Oc4cccc(F)c4)cc3)c(C(N)=O)c2)C1. The highest BCUT2D eigenvalue weighted by atomic mass is 19.1. The van der Waals surface area contributed by atoms with E-state index in [4.69, 9.17) is 19.9 Å². The van der Waals surface area contributed by atoms with Gasteiger partial charge in [0.2, 0.25) is 5.88 Å². The molecule has 3 aromatic rings. The number of likely N-dealkylation sites (tertiary alicyclic amines) is 1. The van der Waals surface area contributed by atoms with E-state index in [0.717, 1.165) is 18.4 Å². The minimum absolute atomic E-state index is 0.0964. The molecule has 1 atom stereocenters. The summed E-state index contributed by atoms with van der Waals surface area (Å²) in [7, 11) is 0. The zero-order valence-electron chi connectivity index (χ0n) is 21.8. The van der Waals surface area contributed by atoms with Gasteiger partial charge in [-0.1, -0.05) is 6.07 Å². The molecule has 38 heavy (non-hydrogen) atoms. The lowest BCUT2D eigenvalue weighted by atomic mass is 9.91. The first-order chi connectivity index (χ1) is 18.1. The van der Waals surface area contributed by atoms with Crippen molar-refractivity contribution in [3.63, 3.8) is 0 Å². The van der Waals surface area contributed by atoms with Crippen molar-refractivity contribution in [3.8, 4) is 23.1 Å². The van der Waals surface area contributed by atoms with Gasteiger partial charge in [0.15, 0.2) is 0 Å². The summed E-state index contributed by atoms with van der Waals surface area (Å²) >= 11 is 0. The van der Waals surface area contributed by atoms with E-state index in [0.29, 0.717) is 36.8 Å². The fourth-order valence-electron chi connectivity index (χ4n) is 4.28. The zero-order valence-corrected chi connectivity index (χ0v) is 21.8. The number of benzene rings is 2. The molecule has 0 saturated carbocycles. The maximum Gasteiger partial charge on any atom is 0.410 e. The Labute approximate surface area is 221 Å². The Bertz CT molecular complexity index is 1290. The Morgan fingerprint density at radius 2 is 1.76 bits per heavy atom. The molecule has 9 heteroatoms. The van der Waals surface area contributed by atoms with Crippen LogP contribution in [0.15, 0.2) is 60.8 Å². The number of carbonyl (C=O) groups is 2. The number of nitrogens with two attached hydrogens (primary N) is 1. The number of piperidine rings is 1. The van der Waals surface area contributed by atoms with Crippen molar-refractivity contribution in [2.75, 3.05) is 13.1 Å². The second kappa shape index (κ2) is 11.5. The van der Waals surface area contributed by atoms with E-state index in [1.807, 2.05) is 20.8 Å². The molecular formula is C29H32FN3O5. The van der Waals surface area contributed by atoms with Crippen LogP contribution in [-0.4, -0.2) is 40.6 Å². The highest BCUT2D eigenvalue weighted by Gasteiger charge is 2.28. The van der Waals surface area contributed by atoms with E-state index in [9.17, 15) is 14.0 Å². The van der Waals surface area contributed by atoms with Gasteiger partial charge in [0, 0.05) is 25.4 Å². The lowest BCUT2D eigenvalue weighted by molar-refractivity contribution is 0.0166. The van der Waals surface area contributed by atoms with Crippen molar-refractivity contribution in [1.29, 1.82) is 0 Å². The summed E-state index contributed by atoms with van der Waals surface area (Å²) in [5.41, 5.74) is 6.09. The Hall–Kier alpha value is -4.14. The summed E-state index contributed by atoms with van der Waals surface area (Å²) in [6, 6.07) is 14.2. The molecule has 1 aliphatic heterocycles. The molecule has 2 heterocycles. The molecule has 1 unspecified atom stereocenters. The van der Waals surface area contributed by atoms with E-state index in [1.54, 1.807) is 53.6 Å². The molecule has 0 aliphatic carbocycles. The molecule has 1 aliphatic rings. The van der Waals surface area contributed by atoms with Gasteiger partial charge in [-0.2, -0.15) is 0 Å². The molecule has 2 amide bonds. The second-order valence-corrected chi connectivity index (χ2v) is 10.3. The Kier molecular flexibility index (Phi) is 8.14. The molecule has 2 N–H and O–H groups in total. The Morgan fingerprint density at radius 1 is 1.05 bits per heavy atom. The Morgan fingerprint density at radius 3 is 2.42 bits per heavy atom. The number of primary amides is 1. The van der Waals surface area contributed by atoms with Crippen LogP contribution in [0.25, 0.3) is 0 Å². The second-order valence-electron chi connectivity index (χ2n) is 10.3. The van der Waals surface area contributed by atoms with Crippen molar-refractivity contribution in [1.82, 2.24) is 9.88 Å². The van der Waals surface area contributed by atoms with Crippen molar-refractivity contribution in [3.05, 3.63) is 77.7 Å². The first-order valence-electron chi connectivity index (χ1n) is 12.5. The zero-order chi connectivity index (χ0) is 27.3. The molecule has 8 nitrogen and oxygen atoms in total. The molecule has 1 saturated heterocycles. The van der Waals surface area contributed by atoms with Crippen molar-refractivity contribution < 1.29 is 28.2 Å². The van der Waals surface area contributed by atoms with Gasteiger partial charge < -0.3 is 24.8 Å². The summed E-state index contributed by atoms with van der Waals surface area (Å²) < 4.78 is 30.4. The number of amides is 2. The van der Waals surface area contributed by atoms with Crippen LogP contribution in [-0.2, 0) is 11.2 Å². The van der Waals surface area contributed by atoms with E-state index < -0.39 is 11.5 Å². The third kappa shape index (κ3) is 7.44. The molecule has 0 radical (unpaired) electrons. The summed E-state index contributed by atoms with van der Waals surface area (Å²) in [5, 5.41) is 0. The predicted molar refractivity (Wildman–Crippen MR) is 140 cm³/mol. The van der Waals surface area contributed by atoms with E-state index in [-0.39, 0.29) is 29.3 Å². The molecule has 0 bridgehead atoms. The summed E-state index contributed by atoms with van der Waals surface area (Å²) in [6.07, 6.45) is 3.82. The van der Waals surface area contributed by atoms with Crippen LogP contribution in [0.3, 0.4) is 0 Å². The largest absolute Gasteiger partial charge is 0.457 e. The van der Waals surface area contributed by atoms with Gasteiger partial charge in [-0.3, -0.25) is 4.79 Å². The maximum atomic E-state index is 13.4. The average molecular weight is 522 g/mol. The highest BCUT2D eigenvalue weighted by Crippen LogP contribution is 2.29. The molecule has 2 aromatic carbocycles. The normalized spacial score (nSPS) is 15.6. The first kappa shape index (κ1) is 26.9. The topological polar surface area (TPSA) is 104 Å². The Balaban J connectivity index is 1.41. The van der Waals surface area contributed by atoms with Crippen molar-refractivity contribution >= 4 is 12.0 Å². The molecule has 0 spiro atoms. The van der Waals surface area contributed by atoms with Gasteiger partial charge in [-0.15, -0.1) is 0 Å². The number of ether oxygens (including phenoxy) is 3. The van der Waals surface area contributed by atoms with Gasteiger partial charge in [0.1, 0.15) is 34.2 Å². The summed E-state index contributed by atoms with van der Waals surface area (Å²) in [4.78, 5) is 30.8. The van der Waals surface area contributed by atoms with Crippen LogP contribution in [0, 0.1) is 11.7 Å². The third-order valence-electron chi connectivity index (χ3n) is 5.94. The van der Waals surface area contributed by atoms with Gasteiger partial charge >= 0.3 is 6.09 Å². The summed E-state index contributed by atoms with van der Waals surface area (Å²) in [5.74, 6) is 0.558. The number of hydrogen-bond donors (Lipinski definition) is 1. The first-order valence-corrected chi connectivity index (χ1v) is 12.5. The number of halogens is 1. The minimum Gasteiger partial charge on any atom is -0.457 e. The quantitative estimate of drug-likeness (QED) is 0.403. The van der Waals surface area contributed by atoms with E-state index in [2.05, 4.69) is 4.98 Å². The van der Waals surface area contributed by atoms with E-state index in [1.165, 1.54) is 12.1 Å². The van der Waals surface area contributed by atoms with Crippen LogP contribution in [0.4, 0.5) is 9.18 Å². The molecule has 1 fully saturated rings. The van der Waals surface area contributed by atoms with Crippen LogP contribution < -0.4 is 15.2 Å². The fourth-order valence-corrected chi connectivity index (χ4v) is 4.28. The van der Waals surface area contributed by atoms with Crippen LogP contribution in [0.1, 0.15) is 49.5 Å². The predicted octanol–water partition coefficient (Wildman–Crippen LogP) is 6.09. The van der Waals surface area contributed by atoms with Crippen LogP contribution >= 0.6 is 0 Å². The number of aromatic nitrogens is 1. The number of rotatable bonds is 7. The summed E-state index contributed by atoms with van der Waals surface area (Å²) in [6.45, 7) is 6.78. The van der Waals surface area contributed by atoms with Crippen LogP contribution in [0.5, 0.6) is 23.1 Å². The van der Waals surface area contributed by atoms with Crippen LogP contribution in [0.2, 0.25) is 0 Å². The minimum atomic E-state index is -0.653. The molecule has 1 aromatic heterocycles. The standard InChI is InChI=1S/C29H32FN3O5/c1-29(2,3)38-28(35)33-13-5-6-19(18-33)14-20-15-25(26(31)34)27(32-17-20)37-23-11-9-22(10-12-23)36-24-8-4-7-21(30)16-24/h4,7-12,15-17,19H,5-6,13-14,18H2,1-3H3,(H2,31,34). The molecule has 200 valence electrons. The lowest BCUT2D eigenvalue weighted by Crippen LogP contribution is -2.43. The lowest BCUT2D eigenvalue weighted by Gasteiger charge is -2.34. The molecular weight excluding hydrogens is 489 g/mol. The van der Waals surface area contributed by atoms with E-state index >= 15 is 0 Å². The van der Waals surface area contributed by atoms with Gasteiger partial charge in [0.25, 0.3) is 5.91 Å². The monoisotopic (exact) mass is 521 g/mol. The fraction of sp³-hybridized carbons (Fsp3) is 0.345. The van der Waals surface area contributed by atoms with Crippen molar-refractivity contribution in [2.24, 2.45) is 11.7 Å². The molecule has 4 rings (SSSR count). The average Bonchev–Trinajstić information content (AvgIpc) is 2.85. The van der Waals surface area contributed by atoms with Gasteiger partial charge in [-0.25, -0.2) is 14.2 Å². The highest BCUT2D eigenvalue weighted by molar-refractivity contribution is 5.95. The number of nitrogens with zero attached hydrogens (tertiary/aromatic N) is 2. The van der Waals surface area contributed by atoms with Crippen molar-refractivity contribution in [2.45, 2.75) is 45.6 Å². The smallest absolute Gasteiger partial charge is 0.410 e. The number of pyridine rings is 1. The maximum absolute atomic E-state index is 13.4.